The maximum absolute atomic E-state index is 11.3. The van der Waals surface area contributed by atoms with Crippen molar-refractivity contribution in [2.24, 2.45) is 0 Å². The van der Waals surface area contributed by atoms with Crippen molar-refractivity contribution in [3.05, 3.63) is 51.5 Å². The van der Waals surface area contributed by atoms with Crippen LogP contribution in [0.5, 0.6) is 11.6 Å². The third-order valence-corrected chi connectivity index (χ3v) is 4.87. The highest BCUT2D eigenvalue weighted by atomic mass is 32.1. The predicted molar refractivity (Wildman–Crippen MR) is 89.6 cm³/mol. The van der Waals surface area contributed by atoms with Gasteiger partial charge in [-0.1, -0.05) is 44.2 Å². The molecule has 0 N–H and O–H groups in total. The third kappa shape index (κ3) is 2.79. The zero-order valence-corrected chi connectivity index (χ0v) is 14.0. The summed E-state index contributed by atoms with van der Waals surface area (Å²) in [6, 6.07) is 7.62. The fourth-order valence-electron chi connectivity index (χ4n) is 2.28. The summed E-state index contributed by atoms with van der Waals surface area (Å²) in [6.45, 7) is 6.50. The molecule has 0 atom stereocenters. The molecule has 2 aromatic heterocycles. The molecule has 7 heteroatoms. The van der Waals surface area contributed by atoms with Crippen LogP contribution < -0.4 is 4.74 Å². The summed E-state index contributed by atoms with van der Waals surface area (Å²) in [7, 11) is 0. The molecule has 2 heterocycles. The third-order valence-electron chi connectivity index (χ3n) is 4.11. The topological polar surface area (TPSA) is 69.7 Å². The van der Waals surface area contributed by atoms with Crippen LogP contribution in [0.1, 0.15) is 32.8 Å². The fourth-order valence-corrected chi connectivity index (χ4v) is 2.98. The second-order valence-electron chi connectivity index (χ2n) is 5.92. The highest BCUT2D eigenvalue weighted by Crippen LogP contribution is 2.34. The number of aromatic nitrogens is 2. The van der Waals surface area contributed by atoms with Gasteiger partial charge in [-0.2, -0.15) is 9.38 Å². The molecule has 1 aromatic carbocycles. The summed E-state index contributed by atoms with van der Waals surface area (Å²) in [5.74, 6) is 0.401. The maximum atomic E-state index is 11.3. The normalized spacial score (nSPS) is 11.8. The molecule has 23 heavy (non-hydrogen) atoms. The van der Waals surface area contributed by atoms with Gasteiger partial charge >= 0.3 is 11.7 Å². The Kier molecular flexibility index (Phi) is 3.81. The van der Waals surface area contributed by atoms with Crippen molar-refractivity contribution in [2.45, 2.75) is 32.6 Å². The van der Waals surface area contributed by atoms with Crippen LogP contribution in [-0.2, 0) is 5.41 Å². The van der Waals surface area contributed by atoms with Crippen molar-refractivity contribution in [2.75, 3.05) is 0 Å². The van der Waals surface area contributed by atoms with Crippen molar-refractivity contribution >= 4 is 22.1 Å². The van der Waals surface area contributed by atoms with Gasteiger partial charge in [-0.15, -0.1) is 0 Å². The number of thiazole rings is 1. The Balaban J connectivity index is 1.92. The van der Waals surface area contributed by atoms with Crippen LogP contribution >= 0.6 is 11.3 Å². The van der Waals surface area contributed by atoms with Gasteiger partial charge in [0, 0.05) is 5.38 Å². The van der Waals surface area contributed by atoms with Gasteiger partial charge in [0.25, 0.3) is 4.96 Å². The Morgan fingerprint density at radius 1 is 1.35 bits per heavy atom. The van der Waals surface area contributed by atoms with Crippen molar-refractivity contribution in [3.63, 3.8) is 0 Å². The van der Waals surface area contributed by atoms with E-state index in [-0.39, 0.29) is 17.1 Å². The number of nitrogens with zero attached hydrogens (tertiary/aromatic N) is 3. The molecule has 0 saturated carbocycles. The van der Waals surface area contributed by atoms with E-state index in [1.54, 1.807) is 11.6 Å². The Bertz CT molecular complexity index is 849. The summed E-state index contributed by atoms with van der Waals surface area (Å²) in [5.41, 5.74) is 1.29. The molecule has 0 saturated heterocycles. The van der Waals surface area contributed by atoms with Gasteiger partial charge in [0.2, 0.25) is 0 Å². The number of benzene rings is 1. The molecule has 0 aliphatic carbocycles. The monoisotopic (exact) mass is 331 g/mol. The molecule has 0 aliphatic heterocycles. The number of nitro groups is 1. The minimum Gasteiger partial charge on any atom is -0.433 e. The molecule has 120 valence electrons. The smallest absolute Gasteiger partial charge is 0.393 e. The zero-order valence-electron chi connectivity index (χ0n) is 13.1. The largest absolute Gasteiger partial charge is 0.433 e. The summed E-state index contributed by atoms with van der Waals surface area (Å²) < 4.78 is 7.07. The molecule has 0 fully saturated rings. The number of ether oxygens (including phenoxy) is 1. The van der Waals surface area contributed by atoms with Crippen molar-refractivity contribution in [3.8, 4) is 11.6 Å². The van der Waals surface area contributed by atoms with E-state index in [4.69, 9.17) is 4.74 Å². The molecule has 3 aromatic rings. The van der Waals surface area contributed by atoms with Gasteiger partial charge in [-0.3, -0.25) is 0 Å². The molecule has 0 bridgehead atoms. The molecule has 6 nitrogen and oxygen atoms in total. The number of hydrogen-bond acceptors (Lipinski definition) is 5. The molecule has 0 radical (unpaired) electrons. The molecule has 3 rings (SSSR count). The first-order valence-electron chi connectivity index (χ1n) is 7.30. The second-order valence-corrected chi connectivity index (χ2v) is 6.79. The lowest BCUT2D eigenvalue weighted by Crippen LogP contribution is -2.14. The van der Waals surface area contributed by atoms with E-state index in [0.29, 0.717) is 10.7 Å². The lowest BCUT2D eigenvalue weighted by atomic mass is 9.82. The summed E-state index contributed by atoms with van der Waals surface area (Å²) in [5, 5.41) is 13.0. The number of rotatable bonds is 5. The molecule has 0 spiro atoms. The van der Waals surface area contributed by atoms with Crippen molar-refractivity contribution < 1.29 is 9.66 Å². The van der Waals surface area contributed by atoms with Crippen LogP contribution in [0.4, 0.5) is 5.82 Å². The zero-order chi connectivity index (χ0) is 16.6. The van der Waals surface area contributed by atoms with Gasteiger partial charge in [-0.05, 0) is 34.5 Å². The summed E-state index contributed by atoms with van der Waals surface area (Å²) in [4.78, 5) is 15.5. The minimum absolute atomic E-state index is 0.0179. The van der Waals surface area contributed by atoms with Crippen molar-refractivity contribution in [1.29, 1.82) is 0 Å². The van der Waals surface area contributed by atoms with Crippen LogP contribution in [0.15, 0.2) is 35.8 Å². The first-order chi connectivity index (χ1) is 10.9. The number of fused-ring (bicyclic) bond motifs is 1. The first-order valence-corrected chi connectivity index (χ1v) is 8.18. The van der Waals surface area contributed by atoms with Crippen LogP contribution in [0.2, 0.25) is 0 Å². The predicted octanol–water partition coefficient (Wildman–Crippen LogP) is 4.78. The van der Waals surface area contributed by atoms with Crippen molar-refractivity contribution in [1.82, 2.24) is 9.38 Å². The molecule has 0 unspecified atom stereocenters. The Morgan fingerprint density at radius 2 is 2.04 bits per heavy atom. The Labute approximate surface area is 137 Å². The Morgan fingerprint density at radius 3 is 2.65 bits per heavy atom. The van der Waals surface area contributed by atoms with Crippen LogP contribution in [0, 0.1) is 10.1 Å². The van der Waals surface area contributed by atoms with E-state index in [9.17, 15) is 10.1 Å². The lowest BCUT2D eigenvalue weighted by Gasteiger charge is -2.23. The summed E-state index contributed by atoms with van der Waals surface area (Å²) in [6.07, 6.45) is 2.64. The van der Waals surface area contributed by atoms with Crippen LogP contribution in [-0.4, -0.2) is 14.3 Å². The average Bonchev–Trinajstić information content (AvgIpc) is 3.07. The summed E-state index contributed by atoms with van der Waals surface area (Å²) >= 11 is 1.33. The average molecular weight is 331 g/mol. The van der Waals surface area contributed by atoms with Gasteiger partial charge in [-0.25, -0.2) is 0 Å². The van der Waals surface area contributed by atoms with Crippen LogP contribution in [0.3, 0.4) is 0 Å². The van der Waals surface area contributed by atoms with E-state index < -0.39 is 4.92 Å². The van der Waals surface area contributed by atoms with Crippen LogP contribution in [0.25, 0.3) is 4.96 Å². The highest BCUT2D eigenvalue weighted by Gasteiger charge is 2.26. The van der Waals surface area contributed by atoms with Gasteiger partial charge in [0.15, 0.2) is 0 Å². The highest BCUT2D eigenvalue weighted by molar-refractivity contribution is 7.15. The first kappa shape index (κ1) is 15.5. The minimum atomic E-state index is -0.476. The second kappa shape index (κ2) is 5.66. The fraction of sp³-hybridized carbons (Fsp3) is 0.312. The van der Waals surface area contributed by atoms with Gasteiger partial charge < -0.3 is 14.9 Å². The van der Waals surface area contributed by atoms with Gasteiger partial charge in [0.05, 0.1) is 0 Å². The molecule has 0 aliphatic rings. The van der Waals surface area contributed by atoms with E-state index in [1.807, 2.05) is 24.3 Å². The molecular formula is C16H17N3O3S. The maximum Gasteiger partial charge on any atom is 0.393 e. The van der Waals surface area contributed by atoms with E-state index in [1.165, 1.54) is 21.3 Å². The number of imidazole rings is 1. The SMILES string of the molecule is CCC(C)(C)c1ccc(Oc2nc3sccn3c2[N+](=O)[O-])cc1. The Hall–Kier alpha value is -2.41. The van der Waals surface area contributed by atoms with E-state index in [0.717, 1.165) is 6.42 Å². The standard InChI is InChI=1S/C16H17N3O3S/c1-4-16(2,3)11-5-7-12(8-6-11)22-13-14(19(20)21)18-9-10-23-15(18)17-13/h5-10H,4H2,1-3H3. The molecular weight excluding hydrogens is 314 g/mol. The number of hydrogen-bond donors (Lipinski definition) is 0. The van der Waals surface area contributed by atoms with E-state index in [2.05, 4.69) is 25.8 Å². The molecule has 0 amide bonds. The van der Waals surface area contributed by atoms with E-state index >= 15 is 0 Å². The van der Waals surface area contributed by atoms with Gasteiger partial charge in [0.1, 0.15) is 11.9 Å². The lowest BCUT2D eigenvalue weighted by molar-refractivity contribution is -0.391. The quantitative estimate of drug-likeness (QED) is 0.498.